The molecule has 0 amide bonds. The SMILES string of the molecule is CCOC(=O)c1ccccc1NC(C)c1ccn[nH]1. The summed E-state index contributed by atoms with van der Waals surface area (Å²) in [7, 11) is 0. The van der Waals surface area contributed by atoms with Crippen LogP contribution in [-0.4, -0.2) is 22.8 Å². The standard InChI is InChI=1S/C14H17N3O2/c1-3-19-14(18)11-6-4-5-7-13(11)16-10(2)12-8-9-15-17-12/h4-10,16H,3H2,1-2H3,(H,15,17). The summed E-state index contributed by atoms with van der Waals surface area (Å²) >= 11 is 0. The van der Waals surface area contributed by atoms with E-state index in [0.717, 1.165) is 11.4 Å². The Kier molecular flexibility index (Phi) is 4.18. The second-order valence-electron chi connectivity index (χ2n) is 4.14. The molecule has 1 heterocycles. The predicted molar refractivity (Wildman–Crippen MR) is 73.0 cm³/mol. The zero-order valence-electron chi connectivity index (χ0n) is 11.0. The summed E-state index contributed by atoms with van der Waals surface area (Å²) in [6.07, 6.45) is 1.70. The van der Waals surface area contributed by atoms with E-state index in [1.807, 2.05) is 31.2 Å². The third-order valence-corrected chi connectivity index (χ3v) is 2.78. The minimum Gasteiger partial charge on any atom is -0.462 e. The first-order valence-electron chi connectivity index (χ1n) is 6.24. The number of para-hydroxylation sites is 1. The van der Waals surface area contributed by atoms with Gasteiger partial charge < -0.3 is 10.1 Å². The van der Waals surface area contributed by atoms with Gasteiger partial charge in [0, 0.05) is 11.9 Å². The molecular formula is C14H17N3O2. The number of rotatable bonds is 5. The number of nitrogens with zero attached hydrogens (tertiary/aromatic N) is 1. The highest BCUT2D eigenvalue weighted by Gasteiger charge is 2.14. The molecule has 1 aromatic carbocycles. The van der Waals surface area contributed by atoms with Gasteiger partial charge in [0.2, 0.25) is 0 Å². The molecule has 0 saturated heterocycles. The Morgan fingerprint density at radius 3 is 2.89 bits per heavy atom. The molecule has 1 atom stereocenters. The van der Waals surface area contributed by atoms with Gasteiger partial charge in [0.1, 0.15) is 0 Å². The van der Waals surface area contributed by atoms with Crippen LogP contribution in [0.3, 0.4) is 0 Å². The van der Waals surface area contributed by atoms with E-state index in [-0.39, 0.29) is 12.0 Å². The van der Waals surface area contributed by atoms with Crippen LogP contribution in [0.1, 0.15) is 35.9 Å². The van der Waals surface area contributed by atoms with Gasteiger partial charge in [-0.25, -0.2) is 4.79 Å². The van der Waals surface area contributed by atoms with E-state index in [9.17, 15) is 4.79 Å². The van der Waals surface area contributed by atoms with Crippen LogP contribution < -0.4 is 5.32 Å². The summed E-state index contributed by atoms with van der Waals surface area (Å²) in [4.78, 5) is 11.9. The molecule has 2 aromatic rings. The van der Waals surface area contributed by atoms with Gasteiger partial charge in [-0.3, -0.25) is 5.10 Å². The zero-order chi connectivity index (χ0) is 13.7. The molecule has 0 bridgehead atoms. The number of nitrogens with one attached hydrogen (secondary N) is 2. The van der Waals surface area contributed by atoms with Crippen LogP contribution in [0.15, 0.2) is 36.5 Å². The topological polar surface area (TPSA) is 67.0 Å². The van der Waals surface area contributed by atoms with Gasteiger partial charge in [0.05, 0.1) is 23.9 Å². The fourth-order valence-electron chi connectivity index (χ4n) is 1.81. The summed E-state index contributed by atoms with van der Waals surface area (Å²) in [6.45, 7) is 4.15. The van der Waals surface area contributed by atoms with Crippen LogP contribution in [0.2, 0.25) is 0 Å². The Balaban J connectivity index is 2.18. The van der Waals surface area contributed by atoms with E-state index in [0.29, 0.717) is 12.2 Å². The minimum atomic E-state index is -0.317. The Hall–Kier alpha value is -2.30. The second-order valence-corrected chi connectivity index (χ2v) is 4.14. The van der Waals surface area contributed by atoms with Crippen LogP contribution in [0.25, 0.3) is 0 Å². The van der Waals surface area contributed by atoms with Crippen LogP contribution in [0, 0.1) is 0 Å². The Morgan fingerprint density at radius 1 is 1.42 bits per heavy atom. The monoisotopic (exact) mass is 259 g/mol. The molecule has 2 N–H and O–H groups in total. The summed E-state index contributed by atoms with van der Waals surface area (Å²) in [5.41, 5.74) is 2.25. The highest BCUT2D eigenvalue weighted by molar-refractivity contribution is 5.95. The number of aromatic amines is 1. The van der Waals surface area contributed by atoms with Crippen molar-refractivity contribution >= 4 is 11.7 Å². The first-order chi connectivity index (χ1) is 9.22. The van der Waals surface area contributed by atoms with Gasteiger partial charge in [0.25, 0.3) is 0 Å². The van der Waals surface area contributed by atoms with E-state index in [4.69, 9.17) is 4.74 Å². The molecule has 0 radical (unpaired) electrons. The van der Waals surface area contributed by atoms with Crippen LogP contribution in [0.4, 0.5) is 5.69 Å². The fraction of sp³-hybridized carbons (Fsp3) is 0.286. The third kappa shape index (κ3) is 3.13. The molecule has 0 aliphatic carbocycles. The molecule has 0 fully saturated rings. The first-order valence-corrected chi connectivity index (χ1v) is 6.24. The van der Waals surface area contributed by atoms with E-state index in [1.165, 1.54) is 0 Å². The van der Waals surface area contributed by atoms with E-state index < -0.39 is 0 Å². The van der Waals surface area contributed by atoms with Gasteiger partial charge in [-0.15, -0.1) is 0 Å². The van der Waals surface area contributed by atoms with Crippen molar-refractivity contribution in [1.29, 1.82) is 0 Å². The fourth-order valence-corrected chi connectivity index (χ4v) is 1.81. The second kappa shape index (κ2) is 6.04. The molecular weight excluding hydrogens is 242 g/mol. The molecule has 0 spiro atoms. The molecule has 0 aliphatic rings. The summed E-state index contributed by atoms with van der Waals surface area (Å²) in [6, 6.07) is 9.23. The number of anilines is 1. The van der Waals surface area contributed by atoms with Gasteiger partial charge in [-0.1, -0.05) is 12.1 Å². The van der Waals surface area contributed by atoms with Crippen LogP contribution >= 0.6 is 0 Å². The molecule has 1 unspecified atom stereocenters. The third-order valence-electron chi connectivity index (χ3n) is 2.78. The maximum Gasteiger partial charge on any atom is 0.340 e. The lowest BCUT2D eigenvalue weighted by Crippen LogP contribution is -2.12. The number of benzene rings is 1. The quantitative estimate of drug-likeness (QED) is 0.810. The first kappa shape index (κ1) is 13.1. The Labute approximate surface area is 112 Å². The van der Waals surface area contributed by atoms with Crippen LogP contribution in [-0.2, 0) is 4.74 Å². The molecule has 0 aliphatic heterocycles. The minimum absolute atomic E-state index is 0.0260. The van der Waals surface area contributed by atoms with Crippen molar-refractivity contribution in [2.45, 2.75) is 19.9 Å². The van der Waals surface area contributed by atoms with Gasteiger partial charge >= 0.3 is 5.97 Å². The van der Waals surface area contributed by atoms with E-state index >= 15 is 0 Å². The van der Waals surface area contributed by atoms with E-state index in [2.05, 4.69) is 15.5 Å². The number of esters is 1. The van der Waals surface area contributed by atoms with Crippen molar-refractivity contribution < 1.29 is 9.53 Å². The molecule has 5 heteroatoms. The largest absolute Gasteiger partial charge is 0.462 e. The number of H-pyrrole nitrogens is 1. The summed E-state index contributed by atoms with van der Waals surface area (Å²) < 4.78 is 5.04. The van der Waals surface area contributed by atoms with Crippen molar-refractivity contribution in [3.05, 3.63) is 47.8 Å². The summed E-state index contributed by atoms with van der Waals surface area (Å²) in [5.74, 6) is -0.317. The van der Waals surface area contributed by atoms with Crippen molar-refractivity contribution in [3.63, 3.8) is 0 Å². The normalized spacial score (nSPS) is 11.9. The Bertz CT molecular complexity index is 537. The van der Waals surface area contributed by atoms with Crippen LogP contribution in [0.5, 0.6) is 0 Å². The number of hydrogen-bond acceptors (Lipinski definition) is 4. The highest BCUT2D eigenvalue weighted by Crippen LogP contribution is 2.21. The lowest BCUT2D eigenvalue weighted by molar-refractivity contribution is 0.0527. The van der Waals surface area contributed by atoms with Crippen molar-refractivity contribution in [2.24, 2.45) is 0 Å². The molecule has 1 aromatic heterocycles. The lowest BCUT2D eigenvalue weighted by Gasteiger charge is -2.16. The van der Waals surface area contributed by atoms with Gasteiger partial charge in [-0.2, -0.15) is 5.10 Å². The maximum absolute atomic E-state index is 11.9. The number of aromatic nitrogens is 2. The zero-order valence-corrected chi connectivity index (χ0v) is 11.0. The lowest BCUT2D eigenvalue weighted by atomic mass is 10.1. The molecule has 5 nitrogen and oxygen atoms in total. The van der Waals surface area contributed by atoms with E-state index in [1.54, 1.807) is 19.2 Å². The number of ether oxygens (including phenoxy) is 1. The molecule has 2 rings (SSSR count). The Morgan fingerprint density at radius 2 is 2.21 bits per heavy atom. The highest BCUT2D eigenvalue weighted by atomic mass is 16.5. The predicted octanol–water partition coefficient (Wildman–Crippen LogP) is 2.76. The van der Waals surface area contributed by atoms with Crippen molar-refractivity contribution in [1.82, 2.24) is 10.2 Å². The van der Waals surface area contributed by atoms with Crippen molar-refractivity contribution in [3.8, 4) is 0 Å². The smallest absolute Gasteiger partial charge is 0.340 e. The molecule has 19 heavy (non-hydrogen) atoms. The average molecular weight is 259 g/mol. The molecule has 100 valence electrons. The maximum atomic E-state index is 11.9. The summed E-state index contributed by atoms with van der Waals surface area (Å²) in [5, 5.41) is 10.1. The number of hydrogen-bond donors (Lipinski definition) is 2. The van der Waals surface area contributed by atoms with Gasteiger partial charge in [-0.05, 0) is 32.0 Å². The van der Waals surface area contributed by atoms with Gasteiger partial charge in [0.15, 0.2) is 0 Å². The molecule has 0 saturated carbocycles. The number of carbonyl (C=O) groups is 1. The average Bonchev–Trinajstić information content (AvgIpc) is 2.93. The number of carbonyl (C=O) groups excluding carboxylic acids is 1. The van der Waals surface area contributed by atoms with Crippen molar-refractivity contribution in [2.75, 3.05) is 11.9 Å².